The molecule has 0 radical (unpaired) electrons. The second-order valence-corrected chi connectivity index (χ2v) is 5.47. The lowest BCUT2D eigenvalue weighted by Gasteiger charge is -2.26. The van der Waals surface area contributed by atoms with Gasteiger partial charge in [0.15, 0.2) is 0 Å². The lowest BCUT2D eigenvalue weighted by atomic mass is 9.87. The molecule has 1 aliphatic rings. The fourth-order valence-electron chi connectivity index (χ4n) is 2.52. The van der Waals surface area contributed by atoms with E-state index in [1.165, 1.54) is 12.5 Å². The minimum Gasteiger partial charge on any atom is -0.393 e. The summed E-state index contributed by atoms with van der Waals surface area (Å²) in [7, 11) is 0. The van der Waals surface area contributed by atoms with Crippen molar-refractivity contribution in [1.29, 1.82) is 0 Å². The summed E-state index contributed by atoms with van der Waals surface area (Å²) < 4.78 is 13.0. The molecule has 2 unspecified atom stereocenters. The Kier molecular flexibility index (Phi) is 4.98. The van der Waals surface area contributed by atoms with Crippen LogP contribution in [0.4, 0.5) is 4.39 Å². The van der Waals surface area contributed by atoms with Gasteiger partial charge in [0.1, 0.15) is 5.82 Å². The van der Waals surface area contributed by atoms with E-state index in [0.717, 1.165) is 31.4 Å². The molecule has 0 saturated heterocycles. The van der Waals surface area contributed by atoms with Gasteiger partial charge in [0.05, 0.1) is 11.1 Å². The van der Waals surface area contributed by atoms with E-state index >= 15 is 0 Å². The van der Waals surface area contributed by atoms with Crippen LogP contribution in [0.5, 0.6) is 0 Å². The molecule has 1 aliphatic carbocycles. The fourth-order valence-corrected chi connectivity index (χ4v) is 2.72. The van der Waals surface area contributed by atoms with Gasteiger partial charge in [-0.2, -0.15) is 0 Å². The topological polar surface area (TPSA) is 32.3 Å². The predicted octanol–water partition coefficient (Wildman–Crippen LogP) is 3.12. The zero-order valence-electron chi connectivity index (χ0n) is 10.3. The third-order valence-corrected chi connectivity index (χ3v) is 3.79. The Bertz CT molecular complexity index is 399. The molecule has 2 atom stereocenters. The quantitative estimate of drug-likeness (QED) is 0.882. The lowest BCUT2D eigenvalue weighted by Crippen LogP contribution is -2.28. The zero-order valence-corrected chi connectivity index (χ0v) is 11.1. The number of hydrogen-bond donors (Lipinski definition) is 2. The molecule has 4 heteroatoms. The van der Waals surface area contributed by atoms with Crippen molar-refractivity contribution >= 4 is 11.6 Å². The Morgan fingerprint density at radius 2 is 2.22 bits per heavy atom. The van der Waals surface area contributed by atoms with Crippen LogP contribution in [0.25, 0.3) is 0 Å². The first-order valence-electron chi connectivity index (χ1n) is 6.48. The second kappa shape index (κ2) is 6.50. The number of hydrogen-bond acceptors (Lipinski definition) is 2. The van der Waals surface area contributed by atoms with Crippen molar-refractivity contribution < 1.29 is 9.50 Å². The molecule has 0 aromatic heterocycles. The van der Waals surface area contributed by atoms with Gasteiger partial charge in [-0.25, -0.2) is 4.39 Å². The van der Waals surface area contributed by atoms with Gasteiger partial charge >= 0.3 is 0 Å². The van der Waals surface area contributed by atoms with Crippen LogP contribution in [0.15, 0.2) is 18.2 Å². The molecule has 1 saturated carbocycles. The number of aliphatic hydroxyl groups is 1. The molecule has 1 fully saturated rings. The predicted molar refractivity (Wildman–Crippen MR) is 71.1 cm³/mol. The van der Waals surface area contributed by atoms with Crippen molar-refractivity contribution in [3.63, 3.8) is 0 Å². The summed E-state index contributed by atoms with van der Waals surface area (Å²) in [6.07, 6.45) is 3.97. The number of rotatable bonds is 4. The van der Waals surface area contributed by atoms with Crippen molar-refractivity contribution in [1.82, 2.24) is 5.32 Å². The van der Waals surface area contributed by atoms with Gasteiger partial charge in [0.2, 0.25) is 0 Å². The molecule has 2 rings (SSSR count). The first kappa shape index (κ1) is 13.8. The molecular formula is C14H19ClFNO. The highest BCUT2D eigenvalue weighted by Crippen LogP contribution is 2.23. The summed E-state index contributed by atoms with van der Waals surface area (Å²) in [4.78, 5) is 0. The highest BCUT2D eigenvalue weighted by Gasteiger charge is 2.19. The van der Waals surface area contributed by atoms with Crippen molar-refractivity contribution in [3.8, 4) is 0 Å². The standard InChI is InChI=1S/C14H19ClFNO/c15-13-7-11(4-5-14(13)16)9-17-8-10-2-1-3-12(18)6-10/h4-5,7,10,12,17-18H,1-3,6,8-9H2. The van der Waals surface area contributed by atoms with Crippen molar-refractivity contribution in [2.75, 3.05) is 6.54 Å². The molecule has 100 valence electrons. The van der Waals surface area contributed by atoms with E-state index in [1.807, 2.05) is 0 Å². The van der Waals surface area contributed by atoms with Crippen LogP contribution in [0, 0.1) is 11.7 Å². The smallest absolute Gasteiger partial charge is 0.141 e. The van der Waals surface area contributed by atoms with E-state index in [2.05, 4.69) is 5.32 Å². The van der Waals surface area contributed by atoms with Crippen molar-refractivity contribution in [2.45, 2.75) is 38.3 Å². The summed E-state index contributed by atoms with van der Waals surface area (Å²) in [5.74, 6) is 0.167. The van der Waals surface area contributed by atoms with E-state index in [9.17, 15) is 9.50 Å². The van der Waals surface area contributed by atoms with Gasteiger partial charge in [0, 0.05) is 6.54 Å². The molecule has 1 aromatic carbocycles. The fraction of sp³-hybridized carbons (Fsp3) is 0.571. The third-order valence-electron chi connectivity index (χ3n) is 3.50. The highest BCUT2D eigenvalue weighted by atomic mass is 35.5. The Hall–Kier alpha value is -0.640. The van der Waals surface area contributed by atoms with Crippen molar-refractivity contribution in [2.24, 2.45) is 5.92 Å². The van der Waals surface area contributed by atoms with Gasteiger partial charge < -0.3 is 10.4 Å². The Labute approximate surface area is 112 Å². The molecule has 0 spiro atoms. The van der Waals surface area contributed by atoms with E-state index in [4.69, 9.17) is 11.6 Å². The summed E-state index contributed by atoms with van der Waals surface area (Å²) in [5, 5.41) is 13.1. The SMILES string of the molecule is OC1CCCC(CNCc2ccc(F)c(Cl)c2)C1. The van der Waals surface area contributed by atoms with E-state index in [-0.39, 0.29) is 16.9 Å². The van der Waals surface area contributed by atoms with E-state index < -0.39 is 0 Å². The lowest BCUT2D eigenvalue weighted by molar-refractivity contribution is 0.101. The maximum absolute atomic E-state index is 13.0. The minimum absolute atomic E-state index is 0.134. The second-order valence-electron chi connectivity index (χ2n) is 5.07. The molecular weight excluding hydrogens is 253 g/mol. The highest BCUT2D eigenvalue weighted by molar-refractivity contribution is 6.30. The average molecular weight is 272 g/mol. The summed E-state index contributed by atoms with van der Waals surface area (Å²) in [6, 6.07) is 4.78. The average Bonchev–Trinajstić information content (AvgIpc) is 2.34. The molecule has 2 N–H and O–H groups in total. The van der Waals surface area contributed by atoms with Crippen LogP contribution < -0.4 is 5.32 Å². The molecule has 0 heterocycles. The van der Waals surface area contributed by atoms with E-state index in [1.54, 1.807) is 12.1 Å². The van der Waals surface area contributed by atoms with Crippen LogP contribution in [-0.2, 0) is 6.54 Å². The van der Waals surface area contributed by atoms with Crippen molar-refractivity contribution in [3.05, 3.63) is 34.6 Å². The summed E-state index contributed by atoms with van der Waals surface area (Å²) in [5.41, 5.74) is 0.984. The molecule has 2 nitrogen and oxygen atoms in total. The molecule has 0 bridgehead atoms. The van der Waals surface area contributed by atoms with Gasteiger partial charge in [-0.3, -0.25) is 0 Å². The molecule has 1 aromatic rings. The van der Waals surface area contributed by atoms with Crippen LogP contribution >= 0.6 is 11.6 Å². The van der Waals surface area contributed by atoms with E-state index in [0.29, 0.717) is 12.5 Å². The largest absolute Gasteiger partial charge is 0.393 e. The van der Waals surface area contributed by atoms with Crippen LogP contribution in [-0.4, -0.2) is 17.8 Å². The first-order chi connectivity index (χ1) is 8.65. The molecule has 0 amide bonds. The maximum Gasteiger partial charge on any atom is 0.141 e. The van der Waals surface area contributed by atoms with Gasteiger partial charge in [-0.15, -0.1) is 0 Å². The number of aliphatic hydroxyl groups excluding tert-OH is 1. The zero-order chi connectivity index (χ0) is 13.0. The van der Waals surface area contributed by atoms with Gasteiger partial charge in [0.25, 0.3) is 0 Å². The Morgan fingerprint density at radius 3 is 2.94 bits per heavy atom. The first-order valence-corrected chi connectivity index (χ1v) is 6.85. The number of nitrogens with one attached hydrogen (secondary N) is 1. The number of halogens is 2. The van der Waals surface area contributed by atoms with Gasteiger partial charge in [-0.1, -0.05) is 24.1 Å². The maximum atomic E-state index is 13.0. The normalized spacial score (nSPS) is 24.2. The van der Waals surface area contributed by atoms with Gasteiger partial charge in [-0.05, 0) is 49.4 Å². The van der Waals surface area contributed by atoms with Crippen LogP contribution in [0.3, 0.4) is 0 Å². The molecule has 0 aliphatic heterocycles. The Morgan fingerprint density at radius 1 is 1.39 bits per heavy atom. The van der Waals surface area contributed by atoms with Crippen LogP contribution in [0.1, 0.15) is 31.2 Å². The molecule has 18 heavy (non-hydrogen) atoms. The van der Waals surface area contributed by atoms with Crippen LogP contribution in [0.2, 0.25) is 5.02 Å². The minimum atomic E-state index is -0.379. The Balaban J connectivity index is 1.76. The summed E-state index contributed by atoms with van der Waals surface area (Å²) >= 11 is 5.72. The third kappa shape index (κ3) is 3.94. The number of benzene rings is 1. The summed E-state index contributed by atoms with van der Waals surface area (Å²) in [6.45, 7) is 1.58. The monoisotopic (exact) mass is 271 g/mol.